The van der Waals surface area contributed by atoms with Crippen molar-refractivity contribution in [1.29, 1.82) is 0 Å². The topological polar surface area (TPSA) is 47.3 Å². The van der Waals surface area contributed by atoms with Crippen molar-refractivity contribution < 1.29 is 9.13 Å². The van der Waals surface area contributed by atoms with Gasteiger partial charge in [-0.05, 0) is 59.2 Å². The van der Waals surface area contributed by atoms with E-state index in [0.29, 0.717) is 29.1 Å². The van der Waals surface area contributed by atoms with E-state index in [1.807, 2.05) is 19.1 Å². The molecule has 22 heavy (non-hydrogen) atoms. The lowest BCUT2D eigenvalue weighted by molar-refractivity contribution is 0.413. The zero-order valence-corrected chi connectivity index (χ0v) is 15.1. The second kappa shape index (κ2) is 7.17. The van der Waals surface area contributed by atoms with E-state index in [9.17, 15) is 4.39 Å². The van der Waals surface area contributed by atoms with Crippen LogP contribution in [0.3, 0.4) is 0 Å². The van der Waals surface area contributed by atoms with E-state index in [-0.39, 0.29) is 5.82 Å². The second-order valence-corrected chi connectivity index (χ2v) is 6.21. The molecule has 0 aliphatic heterocycles. The highest BCUT2D eigenvalue weighted by Gasteiger charge is 2.17. The Hall–Kier alpha value is -1.50. The molecule has 0 heterocycles. The normalized spacial score (nSPS) is 10.6. The van der Waals surface area contributed by atoms with Crippen LogP contribution in [0.2, 0.25) is 0 Å². The van der Waals surface area contributed by atoms with Crippen molar-refractivity contribution in [3.05, 3.63) is 44.8 Å². The van der Waals surface area contributed by atoms with E-state index < -0.39 is 0 Å². The molecule has 0 amide bonds. The van der Waals surface area contributed by atoms with Gasteiger partial charge in [-0.3, -0.25) is 0 Å². The zero-order valence-electron chi connectivity index (χ0n) is 13.0. The average Bonchev–Trinajstić information content (AvgIpc) is 2.52. The number of anilines is 3. The predicted molar refractivity (Wildman–Crippen MR) is 98.6 cm³/mol. The summed E-state index contributed by atoms with van der Waals surface area (Å²) in [6.07, 6.45) is 1.43. The summed E-state index contributed by atoms with van der Waals surface area (Å²) in [5.74, 6) is 0.0420. The first-order valence-corrected chi connectivity index (χ1v) is 8.29. The maximum Gasteiger partial charge on any atom is 0.146 e. The standard InChI is InChI=1S/C17H20FIN2O/c1-4-10-8-11(19)6-7-14(10)21-17-12(5-2)13(18)9-15(22-3)16(17)20/h6-9,21H,4-5,20H2,1-3H3. The molecule has 2 rings (SSSR count). The summed E-state index contributed by atoms with van der Waals surface area (Å²) >= 11 is 2.28. The van der Waals surface area contributed by atoms with Crippen molar-refractivity contribution in [2.24, 2.45) is 0 Å². The van der Waals surface area contributed by atoms with E-state index in [0.717, 1.165) is 17.7 Å². The van der Waals surface area contributed by atoms with Crippen molar-refractivity contribution >= 4 is 39.7 Å². The third-order valence-corrected chi connectivity index (χ3v) is 4.33. The Kier molecular flexibility index (Phi) is 5.50. The van der Waals surface area contributed by atoms with Gasteiger partial charge in [-0.2, -0.15) is 0 Å². The monoisotopic (exact) mass is 414 g/mol. The van der Waals surface area contributed by atoms with E-state index in [4.69, 9.17) is 10.5 Å². The van der Waals surface area contributed by atoms with Gasteiger partial charge in [0.15, 0.2) is 0 Å². The van der Waals surface area contributed by atoms with Gasteiger partial charge in [0.1, 0.15) is 11.6 Å². The molecule has 2 aromatic carbocycles. The van der Waals surface area contributed by atoms with Crippen LogP contribution in [0.15, 0.2) is 24.3 Å². The van der Waals surface area contributed by atoms with Gasteiger partial charge in [0.2, 0.25) is 0 Å². The smallest absolute Gasteiger partial charge is 0.146 e. The first-order valence-electron chi connectivity index (χ1n) is 7.22. The van der Waals surface area contributed by atoms with Crippen LogP contribution >= 0.6 is 22.6 Å². The molecular formula is C17H20FIN2O. The summed E-state index contributed by atoms with van der Waals surface area (Å²) in [4.78, 5) is 0. The molecule has 0 aliphatic carbocycles. The molecule has 5 heteroatoms. The van der Waals surface area contributed by atoms with E-state index in [1.165, 1.54) is 16.7 Å². The molecule has 0 unspecified atom stereocenters. The number of hydrogen-bond donors (Lipinski definition) is 2. The Morgan fingerprint density at radius 1 is 1.23 bits per heavy atom. The van der Waals surface area contributed by atoms with Crippen LogP contribution in [0, 0.1) is 9.39 Å². The molecule has 0 aromatic heterocycles. The molecule has 0 atom stereocenters. The summed E-state index contributed by atoms with van der Waals surface area (Å²) in [5.41, 5.74) is 9.85. The highest BCUT2D eigenvalue weighted by atomic mass is 127. The largest absolute Gasteiger partial charge is 0.494 e. The molecule has 0 saturated heterocycles. The van der Waals surface area contributed by atoms with Gasteiger partial charge < -0.3 is 15.8 Å². The van der Waals surface area contributed by atoms with Crippen molar-refractivity contribution in [2.75, 3.05) is 18.2 Å². The van der Waals surface area contributed by atoms with Gasteiger partial charge in [-0.1, -0.05) is 13.8 Å². The van der Waals surface area contributed by atoms with Crippen LogP contribution in [0.5, 0.6) is 5.75 Å². The average molecular weight is 414 g/mol. The quantitative estimate of drug-likeness (QED) is 0.541. The summed E-state index contributed by atoms with van der Waals surface area (Å²) in [7, 11) is 1.49. The molecule has 0 saturated carbocycles. The number of aryl methyl sites for hydroxylation is 1. The fourth-order valence-electron chi connectivity index (χ4n) is 2.45. The minimum atomic E-state index is -0.306. The van der Waals surface area contributed by atoms with Crippen LogP contribution in [0.4, 0.5) is 21.5 Å². The number of methoxy groups -OCH3 is 1. The van der Waals surface area contributed by atoms with Crippen LogP contribution in [-0.4, -0.2) is 7.11 Å². The number of halogens is 2. The number of benzene rings is 2. The number of ether oxygens (including phenoxy) is 1. The first-order chi connectivity index (χ1) is 10.5. The maximum atomic E-state index is 14.3. The molecule has 0 bridgehead atoms. The molecule has 118 valence electrons. The third kappa shape index (κ3) is 3.29. The Labute approximate surface area is 144 Å². The Morgan fingerprint density at radius 3 is 2.55 bits per heavy atom. The van der Waals surface area contributed by atoms with E-state index in [1.54, 1.807) is 0 Å². The summed E-state index contributed by atoms with van der Waals surface area (Å²) in [5, 5.41) is 3.31. The van der Waals surface area contributed by atoms with Gasteiger partial charge in [-0.15, -0.1) is 0 Å². The van der Waals surface area contributed by atoms with Gasteiger partial charge >= 0.3 is 0 Å². The summed E-state index contributed by atoms with van der Waals surface area (Å²) in [6, 6.07) is 7.46. The van der Waals surface area contributed by atoms with Gasteiger partial charge in [0.25, 0.3) is 0 Å². The van der Waals surface area contributed by atoms with Gasteiger partial charge in [-0.25, -0.2) is 4.39 Å². The fourth-order valence-corrected chi connectivity index (χ4v) is 3.01. The zero-order chi connectivity index (χ0) is 16.3. The number of hydrogen-bond acceptors (Lipinski definition) is 3. The third-order valence-electron chi connectivity index (χ3n) is 3.66. The Morgan fingerprint density at radius 2 is 1.95 bits per heavy atom. The second-order valence-electron chi connectivity index (χ2n) is 4.96. The highest BCUT2D eigenvalue weighted by molar-refractivity contribution is 14.1. The maximum absolute atomic E-state index is 14.3. The van der Waals surface area contributed by atoms with Crippen LogP contribution < -0.4 is 15.8 Å². The predicted octanol–water partition coefficient (Wildman–Crippen LogP) is 4.89. The SMILES string of the molecule is CCc1cc(I)ccc1Nc1c(N)c(OC)cc(F)c1CC. The lowest BCUT2D eigenvalue weighted by Crippen LogP contribution is -2.06. The fraction of sp³-hybridized carbons (Fsp3) is 0.294. The number of rotatable bonds is 5. The van der Waals surface area contributed by atoms with Crippen LogP contribution in [-0.2, 0) is 12.8 Å². The molecule has 0 fully saturated rings. The lowest BCUT2D eigenvalue weighted by Gasteiger charge is -2.19. The van der Waals surface area contributed by atoms with Gasteiger partial charge in [0, 0.05) is 20.9 Å². The van der Waals surface area contributed by atoms with Crippen LogP contribution in [0.25, 0.3) is 0 Å². The summed E-state index contributed by atoms with van der Waals surface area (Å²) < 4.78 is 20.6. The Bertz CT molecular complexity index is 689. The van der Waals surface area contributed by atoms with Crippen LogP contribution in [0.1, 0.15) is 25.0 Å². The minimum Gasteiger partial charge on any atom is -0.494 e. The molecule has 3 N–H and O–H groups in total. The van der Waals surface area contributed by atoms with Gasteiger partial charge in [0.05, 0.1) is 18.5 Å². The van der Waals surface area contributed by atoms with Crippen molar-refractivity contribution in [1.82, 2.24) is 0 Å². The van der Waals surface area contributed by atoms with E-state index in [2.05, 4.69) is 40.9 Å². The Balaban J connectivity index is 2.55. The van der Waals surface area contributed by atoms with Crippen molar-refractivity contribution in [2.45, 2.75) is 26.7 Å². The molecule has 0 radical (unpaired) electrons. The van der Waals surface area contributed by atoms with Crippen molar-refractivity contribution in [3.63, 3.8) is 0 Å². The van der Waals surface area contributed by atoms with Crippen molar-refractivity contribution in [3.8, 4) is 5.75 Å². The summed E-state index contributed by atoms with van der Waals surface area (Å²) in [6.45, 7) is 4.00. The molecule has 2 aromatic rings. The molecule has 0 aliphatic rings. The molecule has 0 spiro atoms. The highest BCUT2D eigenvalue weighted by Crippen LogP contribution is 2.38. The first kappa shape index (κ1) is 16.9. The van der Waals surface area contributed by atoms with E-state index >= 15 is 0 Å². The lowest BCUT2D eigenvalue weighted by atomic mass is 10.1. The molecule has 3 nitrogen and oxygen atoms in total. The number of nitrogens with two attached hydrogens (primary N) is 1. The minimum absolute atomic E-state index is 0.306. The molecular weight excluding hydrogens is 394 g/mol. The number of nitrogens with one attached hydrogen (secondary N) is 1. The number of nitrogen functional groups attached to an aromatic ring is 1.